The van der Waals surface area contributed by atoms with E-state index in [1.807, 2.05) is 30.3 Å². The van der Waals surface area contributed by atoms with E-state index in [1.54, 1.807) is 24.3 Å². The zero-order valence-corrected chi connectivity index (χ0v) is 15.8. The SMILES string of the molecule is O=C(N[C@H](Cc1ccc(OCc2ccccc2)cc1)C(=O)O)c1ccc(F)c(F)c1. The van der Waals surface area contributed by atoms with Crippen molar-refractivity contribution in [3.63, 3.8) is 0 Å². The first-order valence-corrected chi connectivity index (χ1v) is 9.17. The van der Waals surface area contributed by atoms with Crippen molar-refractivity contribution in [2.45, 2.75) is 19.1 Å². The van der Waals surface area contributed by atoms with Gasteiger partial charge in [-0.3, -0.25) is 4.79 Å². The van der Waals surface area contributed by atoms with Gasteiger partial charge in [0.2, 0.25) is 0 Å². The zero-order chi connectivity index (χ0) is 21.5. The second kappa shape index (κ2) is 9.65. The third-order valence-corrected chi connectivity index (χ3v) is 4.40. The lowest BCUT2D eigenvalue weighted by Gasteiger charge is -2.15. The topological polar surface area (TPSA) is 75.6 Å². The Labute approximate surface area is 171 Å². The lowest BCUT2D eigenvalue weighted by atomic mass is 10.1. The van der Waals surface area contributed by atoms with Gasteiger partial charge in [0.25, 0.3) is 5.91 Å². The number of ether oxygens (including phenoxy) is 1. The van der Waals surface area contributed by atoms with Crippen LogP contribution < -0.4 is 10.1 Å². The number of hydrogen-bond donors (Lipinski definition) is 2. The summed E-state index contributed by atoms with van der Waals surface area (Å²) in [5.41, 5.74) is 1.53. The minimum absolute atomic E-state index is 0.0176. The molecule has 0 saturated carbocycles. The molecule has 0 fully saturated rings. The number of carboxylic acids is 1. The molecule has 0 bridgehead atoms. The Bertz CT molecular complexity index is 1020. The maximum Gasteiger partial charge on any atom is 0.326 e. The fourth-order valence-electron chi connectivity index (χ4n) is 2.78. The van der Waals surface area contributed by atoms with Crippen molar-refractivity contribution in [2.75, 3.05) is 0 Å². The van der Waals surface area contributed by atoms with Crippen LogP contribution >= 0.6 is 0 Å². The van der Waals surface area contributed by atoms with Crippen LogP contribution in [0.15, 0.2) is 72.8 Å². The largest absolute Gasteiger partial charge is 0.489 e. The van der Waals surface area contributed by atoms with Crippen molar-refractivity contribution in [1.29, 1.82) is 0 Å². The number of halogens is 2. The third-order valence-electron chi connectivity index (χ3n) is 4.40. The van der Waals surface area contributed by atoms with Gasteiger partial charge in [0, 0.05) is 12.0 Å². The van der Waals surface area contributed by atoms with E-state index in [4.69, 9.17) is 4.74 Å². The molecule has 0 saturated heterocycles. The molecule has 7 heteroatoms. The molecular weight excluding hydrogens is 392 g/mol. The van der Waals surface area contributed by atoms with Gasteiger partial charge in [0.1, 0.15) is 18.4 Å². The highest BCUT2D eigenvalue weighted by Crippen LogP contribution is 2.16. The average Bonchev–Trinajstić information content (AvgIpc) is 2.75. The number of benzene rings is 3. The molecule has 2 N–H and O–H groups in total. The van der Waals surface area contributed by atoms with Gasteiger partial charge in [-0.15, -0.1) is 0 Å². The lowest BCUT2D eigenvalue weighted by Crippen LogP contribution is -2.42. The number of carbonyl (C=O) groups excluding carboxylic acids is 1. The number of rotatable bonds is 8. The standard InChI is InChI=1S/C23H19F2NO4/c24-19-11-8-17(13-20(19)25)22(27)26-21(23(28)29)12-15-6-9-18(10-7-15)30-14-16-4-2-1-3-5-16/h1-11,13,21H,12,14H2,(H,26,27)(H,28,29)/t21-/m1/s1. The Morgan fingerprint density at radius 2 is 1.60 bits per heavy atom. The number of hydrogen-bond acceptors (Lipinski definition) is 3. The molecule has 30 heavy (non-hydrogen) atoms. The highest BCUT2D eigenvalue weighted by molar-refractivity contribution is 5.96. The molecule has 5 nitrogen and oxygen atoms in total. The molecule has 1 atom stereocenters. The van der Waals surface area contributed by atoms with Gasteiger partial charge in [-0.2, -0.15) is 0 Å². The predicted molar refractivity (Wildman–Crippen MR) is 106 cm³/mol. The van der Waals surface area contributed by atoms with E-state index in [-0.39, 0.29) is 12.0 Å². The van der Waals surface area contributed by atoms with Gasteiger partial charge >= 0.3 is 5.97 Å². The molecule has 0 aliphatic rings. The minimum Gasteiger partial charge on any atom is -0.489 e. The molecule has 0 aromatic heterocycles. The Morgan fingerprint density at radius 3 is 2.23 bits per heavy atom. The van der Waals surface area contributed by atoms with Crippen molar-refractivity contribution in [2.24, 2.45) is 0 Å². The summed E-state index contributed by atoms with van der Waals surface area (Å²) in [5.74, 6) is -3.68. The zero-order valence-electron chi connectivity index (χ0n) is 15.8. The van der Waals surface area contributed by atoms with Gasteiger partial charge in [-0.05, 0) is 41.5 Å². The van der Waals surface area contributed by atoms with E-state index in [0.717, 1.165) is 23.8 Å². The summed E-state index contributed by atoms with van der Waals surface area (Å²) in [7, 11) is 0. The fourth-order valence-corrected chi connectivity index (χ4v) is 2.78. The lowest BCUT2D eigenvalue weighted by molar-refractivity contribution is -0.139. The number of aliphatic carboxylic acids is 1. The summed E-state index contributed by atoms with van der Waals surface area (Å²) in [5, 5.41) is 11.8. The van der Waals surface area contributed by atoms with E-state index in [1.165, 1.54) is 0 Å². The first-order valence-electron chi connectivity index (χ1n) is 9.17. The van der Waals surface area contributed by atoms with Crippen LogP contribution in [0.25, 0.3) is 0 Å². The number of carbonyl (C=O) groups is 2. The Balaban J connectivity index is 1.61. The van der Waals surface area contributed by atoms with Crippen LogP contribution in [-0.2, 0) is 17.8 Å². The maximum absolute atomic E-state index is 13.3. The van der Waals surface area contributed by atoms with Gasteiger partial charge in [-0.1, -0.05) is 42.5 Å². The summed E-state index contributed by atoms with van der Waals surface area (Å²) < 4.78 is 32.0. The molecule has 0 heterocycles. The van der Waals surface area contributed by atoms with Gasteiger partial charge in [0.05, 0.1) is 0 Å². The summed E-state index contributed by atoms with van der Waals surface area (Å²) in [6.07, 6.45) is 0.0176. The third kappa shape index (κ3) is 5.64. The van der Waals surface area contributed by atoms with Crippen molar-refractivity contribution in [1.82, 2.24) is 5.32 Å². The average molecular weight is 411 g/mol. The number of amides is 1. The highest BCUT2D eigenvalue weighted by Gasteiger charge is 2.22. The molecule has 0 unspecified atom stereocenters. The number of nitrogens with one attached hydrogen (secondary N) is 1. The monoisotopic (exact) mass is 411 g/mol. The Hall–Kier alpha value is -3.74. The quantitative estimate of drug-likeness (QED) is 0.588. The summed E-state index contributed by atoms with van der Waals surface area (Å²) >= 11 is 0. The normalized spacial score (nSPS) is 11.5. The van der Waals surface area contributed by atoms with Crippen LogP contribution in [0.5, 0.6) is 5.75 Å². The minimum atomic E-state index is -1.24. The fraction of sp³-hybridized carbons (Fsp3) is 0.130. The Morgan fingerprint density at radius 1 is 0.900 bits per heavy atom. The molecule has 0 radical (unpaired) electrons. The van der Waals surface area contributed by atoms with Crippen LogP contribution in [-0.4, -0.2) is 23.0 Å². The van der Waals surface area contributed by atoms with Crippen LogP contribution in [0.1, 0.15) is 21.5 Å². The second-order valence-electron chi connectivity index (χ2n) is 6.62. The first kappa shape index (κ1) is 21.0. The molecular formula is C23H19F2NO4. The van der Waals surface area contributed by atoms with Gasteiger partial charge in [0.15, 0.2) is 11.6 Å². The Kier molecular flexibility index (Phi) is 6.75. The summed E-state index contributed by atoms with van der Waals surface area (Å²) in [4.78, 5) is 23.7. The summed E-state index contributed by atoms with van der Waals surface area (Å²) in [6, 6.07) is 17.9. The van der Waals surface area contributed by atoms with Crippen molar-refractivity contribution in [3.05, 3.63) is 101 Å². The predicted octanol–water partition coefficient (Wildman–Crippen LogP) is 3.97. The van der Waals surface area contributed by atoms with E-state index in [2.05, 4.69) is 5.32 Å². The molecule has 3 aromatic rings. The highest BCUT2D eigenvalue weighted by atomic mass is 19.2. The van der Waals surface area contributed by atoms with Crippen LogP contribution in [0, 0.1) is 11.6 Å². The van der Waals surface area contributed by atoms with E-state index < -0.39 is 29.6 Å². The van der Waals surface area contributed by atoms with Crippen LogP contribution in [0.3, 0.4) is 0 Å². The second-order valence-corrected chi connectivity index (χ2v) is 6.62. The van der Waals surface area contributed by atoms with Crippen molar-refractivity contribution < 1.29 is 28.2 Å². The van der Waals surface area contributed by atoms with Gasteiger partial charge in [-0.25, -0.2) is 13.6 Å². The van der Waals surface area contributed by atoms with E-state index in [0.29, 0.717) is 17.9 Å². The molecule has 0 spiro atoms. The van der Waals surface area contributed by atoms with E-state index in [9.17, 15) is 23.5 Å². The number of carboxylic acid groups (broad SMARTS) is 1. The van der Waals surface area contributed by atoms with Crippen molar-refractivity contribution in [3.8, 4) is 5.75 Å². The molecule has 3 rings (SSSR count). The molecule has 0 aliphatic carbocycles. The van der Waals surface area contributed by atoms with Crippen LogP contribution in [0.2, 0.25) is 0 Å². The molecule has 1 amide bonds. The maximum atomic E-state index is 13.3. The molecule has 3 aromatic carbocycles. The summed E-state index contributed by atoms with van der Waals surface area (Å²) in [6.45, 7) is 0.405. The van der Waals surface area contributed by atoms with Crippen molar-refractivity contribution >= 4 is 11.9 Å². The van der Waals surface area contributed by atoms with Gasteiger partial charge < -0.3 is 15.2 Å². The first-order chi connectivity index (χ1) is 14.4. The molecule has 154 valence electrons. The molecule has 0 aliphatic heterocycles. The van der Waals surface area contributed by atoms with E-state index >= 15 is 0 Å². The van der Waals surface area contributed by atoms with Crippen LogP contribution in [0.4, 0.5) is 8.78 Å². The smallest absolute Gasteiger partial charge is 0.326 e.